The van der Waals surface area contributed by atoms with Crippen molar-refractivity contribution in [1.29, 1.82) is 0 Å². The average Bonchev–Trinajstić information content (AvgIpc) is 3.60. The van der Waals surface area contributed by atoms with Gasteiger partial charge in [-0.1, -0.05) is 91.9 Å². The van der Waals surface area contributed by atoms with Gasteiger partial charge in [-0.05, 0) is 76.7 Å². The van der Waals surface area contributed by atoms with Gasteiger partial charge >= 0.3 is 6.03 Å². The summed E-state index contributed by atoms with van der Waals surface area (Å²) in [5, 5.41) is 25.5. The molecule has 2 aliphatic heterocycles. The number of likely N-dealkylation sites (tertiary alicyclic amines) is 1. The second-order valence-electron chi connectivity index (χ2n) is 13.6. The van der Waals surface area contributed by atoms with Crippen LogP contribution >= 0.6 is 0 Å². The minimum Gasteiger partial charge on any atom is -0.457 e. The maximum absolute atomic E-state index is 12.7. The Balaban J connectivity index is 0.980. The summed E-state index contributed by atoms with van der Waals surface area (Å²) in [6, 6.07) is 40.8. The molecule has 52 heavy (non-hydrogen) atoms. The van der Waals surface area contributed by atoms with Gasteiger partial charge in [0.15, 0.2) is 6.29 Å². The molecule has 0 spiro atoms. The third-order valence-corrected chi connectivity index (χ3v) is 9.80. The maximum atomic E-state index is 12.7. The van der Waals surface area contributed by atoms with Crippen LogP contribution < -0.4 is 15.4 Å². The van der Waals surface area contributed by atoms with E-state index in [1.807, 2.05) is 91.0 Å². The number of hydrogen-bond acceptors (Lipinski definition) is 7. The SMILES string of the molecule is CC1C(CN2CCC(O)C2)OC(c2ccc(-c3cccc(CNC(=O)Nc4ccc(Oc5ccccc5)cc4)c3)cc2)OC1c1ccc(CO)cc1. The molecule has 5 atom stereocenters. The predicted molar refractivity (Wildman–Crippen MR) is 201 cm³/mol. The molecule has 2 heterocycles. The number of nitrogens with zero attached hydrogens (tertiary/aromatic N) is 1. The van der Waals surface area contributed by atoms with Gasteiger partial charge in [-0.25, -0.2) is 4.79 Å². The van der Waals surface area contributed by atoms with Crippen LogP contribution in [0, 0.1) is 5.92 Å². The molecule has 5 aromatic rings. The van der Waals surface area contributed by atoms with Gasteiger partial charge in [-0.3, -0.25) is 4.90 Å². The van der Waals surface area contributed by atoms with Crippen molar-refractivity contribution < 1.29 is 29.2 Å². The highest BCUT2D eigenvalue weighted by Crippen LogP contribution is 2.42. The monoisotopic (exact) mass is 699 g/mol. The lowest BCUT2D eigenvalue weighted by molar-refractivity contribution is -0.276. The molecule has 0 saturated carbocycles. The summed E-state index contributed by atoms with van der Waals surface area (Å²) < 4.78 is 19.1. The molecule has 0 radical (unpaired) electrons. The molecule has 2 saturated heterocycles. The number of anilines is 1. The van der Waals surface area contributed by atoms with Crippen LogP contribution in [-0.4, -0.2) is 53.0 Å². The van der Waals surface area contributed by atoms with Crippen molar-refractivity contribution in [1.82, 2.24) is 10.2 Å². The van der Waals surface area contributed by atoms with Crippen LogP contribution in [0.3, 0.4) is 0 Å². The third-order valence-electron chi connectivity index (χ3n) is 9.80. The molecule has 9 heteroatoms. The van der Waals surface area contributed by atoms with Gasteiger partial charge < -0.3 is 35.1 Å². The molecule has 268 valence electrons. The Labute approximate surface area is 304 Å². The quantitative estimate of drug-likeness (QED) is 0.111. The van der Waals surface area contributed by atoms with Crippen LogP contribution in [-0.2, 0) is 22.6 Å². The normalized spacial score (nSPS) is 21.8. The predicted octanol–water partition coefficient (Wildman–Crippen LogP) is 7.82. The molecule has 9 nitrogen and oxygen atoms in total. The fourth-order valence-corrected chi connectivity index (χ4v) is 6.84. The van der Waals surface area contributed by atoms with E-state index >= 15 is 0 Å². The molecule has 5 aromatic carbocycles. The number of carbonyl (C=O) groups is 1. The fourth-order valence-electron chi connectivity index (χ4n) is 6.84. The number of aliphatic hydroxyl groups is 2. The topological polar surface area (TPSA) is 113 Å². The van der Waals surface area contributed by atoms with Crippen LogP contribution in [0.5, 0.6) is 11.5 Å². The zero-order valence-electron chi connectivity index (χ0n) is 29.2. The summed E-state index contributed by atoms with van der Waals surface area (Å²) in [5.74, 6) is 1.51. The Hall–Kier alpha value is -5.03. The number of aliphatic hydroxyl groups excluding tert-OH is 2. The zero-order chi connectivity index (χ0) is 35.9. The Morgan fingerprint density at radius 1 is 0.808 bits per heavy atom. The van der Waals surface area contributed by atoms with Crippen molar-refractivity contribution in [3.05, 3.63) is 150 Å². The van der Waals surface area contributed by atoms with Crippen molar-refractivity contribution in [2.24, 2.45) is 5.92 Å². The minimum absolute atomic E-state index is 0.00425. The second-order valence-corrected chi connectivity index (χ2v) is 13.6. The molecule has 7 rings (SSSR count). The number of nitrogens with one attached hydrogen (secondary N) is 2. The highest BCUT2D eigenvalue weighted by Gasteiger charge is 2.39. The van der Waals surface area contributed by atoms with Crippen LogP contribution in [0.4, 0.5) is 10.5 Å². The highest BCUT2D eigenvalue weighted by molar-refractivity contribution is 5.89. The number of amides is 2. The summed E-state index contributed by atoms with van der Waals surface area (Å²) in [4.78, 5) is 15.0. The van der Waals surface area contributed by atoms with Gasteiger partial charge in [-0.15, -0.1) is 0 Å². The smallest absolute Gasteiger partial charge is 0.319 e. The number of β-amino-alcohol motifs (C(OH)–C–C–N with tert-alkyl or cyclic N) is 1. The lowest BCUT2D eigenvalue weighted by atomic mass is 9.90. The molecular formula is C43H45N3O6. The summed E-state index contributed by atoms with van der Waals surface area (Å²) in [6.45, 7) is 4.74. The van der Waals surface area contributed by atoms with Gasteiger partial charge in [0.25, 0.3) is 0 Å². The summed E-state index contributed by atoms with van der Waals surface area (Å²) in [6.07, 6.45) is -0.374. The number of hydrogen-bond donors (Lipinski definition) is 4. The Bertz CT molecular complexity index is 1900. The highest BCUT2D eigenvalue weighted by atomic mass is 16.7. The first kappa shape index (κ1) is 35.4. The van der Waals surface area contributed by atoms with E-state index in [0.717, 1.165) is 58.6 Å². The second kappa shape index (κ2) is 16.5. The van der Waals surface area contributed by atoms with E-state index in [9.17, 15) is 15.0 Å². The van der Waals surface area contributed by atoms with Crippen LogP contribution in [0.25, 0.3) is 11.1 Å². The first-order valence-electron chi connectivity index (χ1n) is 17.9. The molecule has 2 fully saturated rings. The molecule has 0 aromatic heterocycles. The number of carbonyl (C=O) groups excluding carboxylic acids is 1. The van der Waals surface area contributed by atoms with Crippen LogP contribution in [0.1, 0.15) is 48.0 Å². The fraction of sp³-hybridized carbons (Fsp3) is 0.279. The largest absolute Gasteiger partial charge is 0.457 e. The van der Waals surface area contributed by atoms with E-state index in [1.165, 1.54) is 0 Å². The van der Waals surface area contributed by atoms with Crippen molar-refractivity contribution in [2.45, 2.75) is 51.1 Å². The Kier molecular flexibility index (Phi) is 11.3. The molecule has 0 aliphatic carbocycles. The summed E-state index contributed by atoms with van der Waals surface area (Å²) in [5.41, 5.74) is 6.54. The molecule has 5 unspecified atom stereocenters. The molecule has 2 amide bonds. The van der Waals surface area contributed by atoms with Crippen LogP contribution in [0.2, 0.25) is 0 Å². The van der Waals surface area contributed by atoms with Gasteiger partial charge in [0.05, 0.1) is 24.9 Å². The number of urea groups is 1. The zero-order valence-corrected chi connectivity index (χ0v) is 29.2. The Morgan fingerprint density at radius 3 is 2.25 bits per heavy atom. The Morgan fingerprint density at radius 2 is 1.54 bits per heavy atom. The standard InChI is InChI=1S/C43H45N3O6/c1-29-40(27-46-23-22-37(48)26-46)51-42(52-41(29)33-12-10-30(28-47)11-13-33)34-16-14-32(15-17-34)35-7-5-6-31(24-35)25-44-43(49)45-36-18-20-39(21-19-36)50-38-8-3-2-4-9-38/h2-21,24,29,37,40-42,47-48H,22-23,25-28H2,1H3,(H2,44,45,49). The number of rotatable bonds is 11. The van der Waals surface area contributed by atoms with Crippen molar-refractivity contribution in [3.8, 4) is 22.6 Å². The van der Waals surface area contributed by atoms with Gasteiger partial charge in [0.1, 0.15) is 11.5 Å². The number of benzene rings is 5. The first-order valence-corrected chi connectivity index (χ1v) is 17.9. The van der Waals surface area contributed by atoms with Gasteiger partial charge in [0, 0.05) is 43.3 Å². The maximum Gasteiger partial charge on any atom is 0.319 e. The minimum atomic E-state index is -0.563. The van der Waals surface area contributed by atoms with Crippen LogP contribution in [0.15, 0.2) is 127 Å². The van der Waals surface area contributed by atoms with E-state index in [1.54, 1.807) is 12.1 Å². The van der Waals surface area contributed by atoms with E-state index in [4.69, 9.17) is 14.2 Å². The first-order chi connectivity index (χ1) is 25.4. The van der Waals surface area contributed by atoms with E-state index in [-0.39, 0.29) is 36.9 Å². The van der Waals surface area contributed by atoms with E-state index < -0.39 is 6.29 Å². The molecule has 4 N–H and O–H groups in total. The number of ether oxygens (including phenoxy) is 3. The van der Waals surface area contributed by atoms with E-state index in [2.05, 4.69) is 46.7 Å². The summed E-state index contributed by atoms with van der Waals surface area (Å²) in [7, 11) is 0. The lowest BCUT2D eigenvalue weighted by Crippen LogP contribution is -2.44. The molecule has 0 bridgehead atoms. The average molecular weight is 700 g/mol. The molecule has 2 aliphatic rings. The van der Waals surface area contributed by atoms with Gasteiger partial charge in [-0.2, -0.15) is 0 Å². The lowest BCUT2D eigenvalue weighted by Gasteiger charge is -2.42. The van der Waals surface area contributed by atoms with Crippen molar-refractivity contribution in [3.63, 3.8) is 0 Å². The summed E-state index contributed by atoms with van der Waals surface area (Å²) >= 11 is 0. The molecular weight excluding hydrogens is 654 g/mol. The van der Waals surface area contributed by atoms with Crippen molar-refractivity contribution in [2.75, 3.05) is 25.0 Å². The van der Waals surface area contributed by atoms with Crippen molar-refractivity contribution >= 4 is 11.7 Å². The van der Waals surface area contributed by atoms with Gasteiger partial charge in [0.2, 0.25) is 0 Å². The third kappa shape index (κ3) is 8.88. The van der Waals surface area contributed by atoms with E-state index in [0.29, 0.717) is 24.5 Å². The number of para-hydroxylation sites is 1.